The van der Waals surface area contributed by atoms with E-state index in [9.17, 15) is 14.4 Å². The van der Waals surface area contributed by atoms with Gasteiger partial charge in [-0.05, 0) is 35.1 Å². The third-order valence-corrected chi connectivity index (χ3v) is 6.01. The molecular formula is C26H23N5O5. The summed E-state index contributed by atoms with van der Waals surface area (Å²) < 4.78 is 10.7. The number of nitrogens with one attached hydrogen (secondary N) is 2. The molecule has 0 saturated carbocycles. The number of hydrogen-bond donors (Lipinski definition) is 3. The molecule has 0 spiro atoms. The Morgan fingerprint density at radius 1 is 1.06 bits per heavy atom. The first-order valence-corrected chi connectivity index (χ1v) is 11.4. The minimum atomic E-state index is -1.06. The van der Waals surface area contributed by atoms with E-state index in [2.05, 4.69) is 20.3 Å². The van der Waals surface area contributed by atoms with E-state index in [4.69, 9.17) is 15.2 Å². The molecule has 2 unspecified atom stereocenters. The van der Waals surface area contributed by atoms with Gasteiger partial charge < -0.3 is 20.2 Å². The summed E-state index contributed by atoms with van der Waals surface area (Å²) in [6, 6.07) is 13.4. The molecule has 0 amide bonds. The van der Waals surface area contributed by atoms with E-state index in [0.29, 0.717) is 16.6 Å². The molecule has 1 aliphatic rings. The number of aromatic amines is 1. The van der Waals surface area contributed by atoms with Gasteiger partial charge >= 0.3 is 17.9 Å². The van der Waals surface area contributed by atoms with Crippen molar-refractivity contribution in [3.8, 4) is 5.88 Å². The van der Waals surface area contributed by atoms with Gasteiger partial charge in [0.2, 0.25) is 5.88 Å². The number of carbonyl (C=O) groups excluding carboxylic acids is 3. The van der Waals surface area contributed by atoms with Crippen LogP contribution in [0.25, 0.3) is 10.8 Å². The Morgan fingerprint density at radius 3 is 2.69 bits per heavy atom. The SMILES string of the molecule is N[C@@H](Cc1cnc[nH]1)C(=O)OC(=O)C1NC(C(=O)Oc2nccc3ccccc23)Cc2ccccc21. The monoisotopic (exact) mass is 485 g/mol. The Balaban J connectivity index is 1.32. The van der Waals surface area contributed by atoms with Crippen LogP contribution in [-0.2, 0) is 32.0 Å². The second-order valence-corrected chi connectivity index (χ2v) is 8.44. The standard InChI is InChI=1S/C26H23N5O5/c27-20(12-17-13-28-14-30-17)24(32)36-26(34)22-18-7-3-2-6-16(18)11-21(31-22)25(33)35-23-19-8-4-1-5-15(19)9-10-29-23/h1-10,13-14,20-22,31H,11-12,27H2,(H,28,30)/t20-,21?,22?/m0/s1. The van der Waals surface area contributed by atoms with Gasteiger partial charge in [0.05, 0.1) is 6.33 Å². The van der Waals surface area contributed by atoms with Gasteiger partial charge in [0.1, 0.15) is 18.1 Å². The van der Waals surface area contributed by atoms with Crippen LogP contribution in [0.3, 0.4) is 0 Å². The lowest BCUT2D eigenvalue weighted by Gasteiger charge is -2.30. The van der Waals surface area contributed by atoms with Gasteiger partial charge in [-0.3, -0.25) is 5.32 Å². The normalized spacial score (nSPS) is 17.7. The smallest absolute Gasteiger partial charge is 0.335 e. The summed E-state index contributed by atoms with van der Waals surface area (Å²) in [7, 11) is 0. The Kier molecular flexibility index (Phi) is 6.52. The maximum atomic E-state index is 13.1. The molecule has 10 nitrogen and oxygen atoms in total. The number of hydrogen-bond acceptors (Lipinski definition) is 9. The highest BCUT2D eigenvalue weighted by Crippen LogP contribution is 2.28. The van der Waals surface area contributed by atoms with Crippen LogP contribution in [0, 0.1) is 0 Å². The predicted octanol–water partition coefficient (Wildman–Crippen LogP) is 1.76. The Hall–Kier alpha value is -4.41. The number of rotatable bonds is 6. The van der Waals surface area contributed by atoms with Crippen molar-refractivity contribution in [3.63, 3.8) is 0 Å². The highest BCUT2D eigenvalue weighted by molar-refractivity contribution is 5.93. The number of benzene rings is 2. The molecule has 0 radical (unpaired) electrons. The van der Waals surface area contributed by atoms with E-state index in [-0.39, 0.29) is 18.7 Å². The maximum absolute atomic E-state index is 13.1. The first kappa shape index (κ1) is 23.3. The van der Waals surface area contributed by atoms with Crippen LogP contribution in [0.5, 0.6) is 5.88 Å². The summed E-state index contributed by atoms with van der Waals surface area (Å²) in [6.07, 6.45) is 4.99. The van der Waals surface area contributed by atoms with Crippen molar-refractivity contribution in [2.45, 2.75) is 31.0 Å². The van der Waals surface area contributed by atoms with E-state index in [1.165, 1.54) is 12.5 Å². The topological polar surface area (TPSA) is 149 Å². The van der Waals surface area contributed by atoms with Crippen LogP contribution in [0.2, 0.25) is 0 Å². The number of aromatic nitrogens is 3. The molecule has 0 fully saturated rings. The number of nitrogens with two attached hydrogens (primary N) is 1. The van der Waals surface area contributed by atoms with E-state index in [1.807, 2.05) is 42.5 Å². The minimum absolute atomic E-state index is 0.133. The Labute approximate surface area is 205 Å². The number of nitrogens with zero attached hydrogens (tertiary/aromatic N) is 2. The van der Waals surface area contributed by atoms with Gasteiger partial charge in [0.25, 0.3) is 0 Å². The fourth-order valence-corrected chi connectivity index (χ4v) is 4.21. The molecule has 1 aliphatic heterocycles. The molecule has 0 saturated heterocycles. The van der Waals surface area contributed by atoms with Gasteiger partial charge in [-0.25, -0.2) is 24.4 Å². The van der Waals surface area contributed by atoms with Gasteiger partial charge in [0.15, 0.2) is 0 Å². The number of fused-ring (bicyclic) bond motifs is 2. The summed E-state index contributed by atoms with van der Waals surface area (Å²) in [6.45, 7) is 0. The molecule has 2 aromatic carbocycles. The zero-order valence-corrected chi connectivity index (χ0v) is 19.1. The minimum Gasteiger partial charge on any atom is -0.406 e. The quantitative estimate of drug-likeness (QED) is 0.274. The Morgan fingerprint density at radius 2 is 1.86 bits per heavy atom. The molecule has 10 heteroatoms. The lowest BCUT2D eigenvalue weighted by atomic mass is 9.90. The first-order valence-electron chi connectivity index (χ1n) is 11.4. The van der Waals surface area contributed by atoms with Gasteiger partial charge in [-0.15, -0.1) is 0 Å². The van der Waals surface area contributed by atoms with Gasteiger partial charge in [-0.1, -0.05) is 42.5 Å². The predicted molar refractivity (Wildman–Crippen MR) is 129 cm³/mol. The second kappa shape index (κ2) is 10.1. The van der Waals surface area contributed by atoms with Crippen molar-refractivity contribution in [1.82, 2.24) is 20.3 Å². The Bertz CT molecular complexity index is 1420. The lowest BCUT2D eigenvalue weighted by molar-refractivity contribution is -0.162. The maximum Gasteiger partial charge on any atom is 0.335 e. The fraction of sp³-hybridized carbons (Fsp3) is 0.192. The van der Waals surface area contributed by atoms with Crippen LogP contribution in [0.1, 0.15) is 22.9 Å². The van der Waals surface area contributed by atoms with Crippen molar-refractivity contribution in [3.05, 3.63) is 90.1 Å². The third-order valence-electron chi connectivity index (χ3n) is 6.01. The van der Waals surface area contributed by atoms with E-state index >= 15 is 0 Å². The van der Waals surface area contributed by atoms with Crippen LogP contribution in [0.4, 0.5) is 0 Å². The van der Waals surface area contributed by atoms with Crippen molar-refractivity contribution in [2.24, 2.45) is 5.73 Å². The summed E-state index contributed by atoms with van der Waals surface area (Å²) >= 11 is 0. The van der Waals surface area contributed by atoms with Crippen molar-refractivity contribution in [1.29, 1.82) is 0 Å². The highest BCUT2D eigenvalue weighted by Gasteiger charge is 2.37. The summed E-state index contributed by atoms with van der Waals surface area (Å²) in [5, 5.41) is 4.55. The average molecular weight is 486 g/mol. The summed E-state index contributed by atoms with van der Waals surface area (Å²) in [5.41, 5.74) is 7.93. The van der Waals surface area contributed by atoms with Gasteiger partial charge in [0, 0.05) is 29.9 Å². The molecule has 3 atom stereocenters. The molecule has 36 heavy (non-hydrogen) atoms. The molecule has 182 valence electrons. The molecule has 5 rings (SSSR count). The number of ether oxygens (including phenoxy) is 2. The van der Waals surface area contributed by atoms with E-state index in [0.717, 1.165) is 10.9 Å². The largest absolute Gasteiger partial charge is 0.406 e. The molecule has 4 aromatic rings. The van der Waals surface area contributed by atoms with E-state index in [1.54, 1.807) is 18.3 Å². The van der Waals surface area contributed by atoms with Crippen LogP contribution in [-0.4, -0.2) is 44.9 Å². The zero-order chi connectivity index (χ0) is 25.1. The third kappa shape index (κ3) is 4.85. The van der Waals surface area contributed by atoms with Crippen LogP contribution in [0.15, 0.2) is 73.3 Å². The average Bonchev–Trinajstić information content (AvgIpc) is 3.41. The second-order valence-electron chi connectivity index (χ2n) is 8.44. The summed E-state index contributed by atoms with van der Waals surface area (Å²) in [4.78, 5) is 49.6. The summed E-state index contributed by atoms with van der Waals surface area (Å²) in [5.74, 6) is -2.15. The van der Waals surface area contributed by atoms with Crippen LogP contribution < -0.4 is 15.8 Å². The highest BCUT2D eigenvalue weighted by atomic mass is 16.6. The number of H-pyrrole nitrogens is 1. The number of pyridine rings is 1. The van der Waals surface area contributed by atoms with Crippen molar-refractivity contribution >= 4 is 28.7 Å². The van der Waals surface area contributed by atoms with Gasteiger partial charge in [-0.2, -0.15) is 0 Å². The van der Waals surface area contributed by atoms with E-state index < -0.39 is 36.0 Å². The number of carbonyl (C=O) groups is 3. The zero-order valence-electron chi connectivity index (χ0n) is 19.1. The molecule has 3 heterocycles. The fourth-order valence-electron chi connectivity index (χ4n) is 4.21. The van der Waals surface area contributed by atoms with Crippen molar-refractivity contribution in [2.75, 3.05) is 0 Å². The first-order chi connectivity index (χ1) is 17.5. The molecule has 0 bridgehead atoms. The van der Waals surface area contributed by atoms with Crippen molar-refractivity contribution < 1.29 is 23.9 Å². The van der Waals surface area contributed by atoms with Crippen LogP contribution >= 0.6 is 0 Å². The lowest BCUT2D eigenvalue weighted by Crippen LogP contribution is -2.50. The molecular weight excluding hydrogens is 462 g/mol. The molecule has 4 N–H and O–H groups in total. The molecule has 0 aliphatic carbocycles. The molecule has 2 aromatic heterocycles. The number of imidazole rings is 1. The number of esters is 3.